The highest BCUT2D eigenvalue weighted by atomic mass is 16.5. The molecule has 40 heavy (non-hydrogen) atoms. The van der Waals surface area contributed by atoms with Crippen LogP contribution >= 0.6 is 0 Å². The van der Waals surface area contributed by atoms with E-state index in [1.807, 2.05) is 13.1 Å². The van der Waals surface area contributed by atoms with E-state index in [9.17, 15) is 4.79 Å². The van der Waals surface area contributed by atoms with Crippen molar-refractivity contribution in [2.24, 2.45) is 0 Å². The molecule has 3 atom stereocenters. The van der Waals surface area contributed by atoms with Crippen molar-refractivity contribution in [1.29, 1.82) is 0 Å². The minimum Gasteiger partial charge on any atom is -0.372 e. The second kappa shape index (κ2) is 9.96. The van der Waals surface area contributed by atoms with E-state index in [0.29, 0.717) is 24.0 Å². The number of amides is 1. The molecular formula is C31H39N7O2. The zero-order valence-corrected chi connectivity index (χ0v) is 23.9. The summed E-state index contributed by atoms with van der Waals surface area (Å²) in [7, 11) is 0. The summed E-state index contributed by atoms with van der Waals surface area (Å²) in [6, 6.07) is 8.99. The first-order valence-electron chi connectivity index (χ1n) is 14.9. The molecule has 1 amide bonds. The normalized spacial score (nSPS) is 23.1. The average molecular weight is 542 g/mol. The van der Waals surface area contributed by atoms with E-state index in [0.717, 1.165) is 79.8 Å². The number of nitrogens with one attached hydrogen (secondary N) is 1. The molecule has 7 rings (SSSR count). The van der Waals surface area contributed by atoms with Gasteiger partial charge >= 0.3 is 0 Å². The lowest BCUT2D eigenvalue weighted by atomic mass is 9.87. The standard InChI is InChI=1S/C31H39N7O2/c1-18(2)28-26-14-22(5-8-27(26)32-29(28)23-13-19(3)30-33-34-35-38(30)15-23)21-9-11-36(12-10-21)31(39)20(4)37-16-24-6-7-25(17-37)40-24/h5,8,13-15,18,20-21,24-25,32H,6-7,9-12,16-17H2,1-4H3/t20?,24-,25+. The number of likely N-dealkylation sites (tertiary alicyclic amines) is 2. The smallest absolute Gasteiger partial charge is 0.239 e. The molecule has 2 bridgehead atoms. The summed E-state index contributed by atoms with van der Waals surface area (Å²) in [4.78, 5) is 21.6. The van der Waals surface area contributed by atoms with Crippen molar-refractivity contribution in [1.82, 2.24) is 34.8 Å². The number of morpholine rings is 1. The minimum atomic E-state index is -0.0667. The highest BCUT2D eigenvalue weighted by molar-refractivity contribution is 5.92. The van der Waals surface area contributed by atoms with Crippen molar-refractivity contribution in [2.45, 2.75) is 83.5 Å². The number of carbonyl (C=O) groups excluding carboxylic acids is 1. The molecule has 3 aromatic heterocycles. The van der Waals surface area contributed by atoms with Crippen LogP contribution in [0, 0.1) is 6.92 Å². The number of nitrogens with zero attached hydrogens (tertiary/aromatic N) is 6. The van der Waals surface area contributed by atoms with Gasteiger partial charge in [-0.1, -0.05) is 19.9 Å². The highest BCUT2D eigenvalue weighted by Crippen LogP contribution is 2.39. The summed E-state index contributed by atoms with van der Waals surface area (Å²) >= 11 is 0. The first kappa shape index (κ1) is 25.7. The molecule has 1 N–H and O–H groups in total. The molecule has 0 radical (unpaired) electrons. The summed E-state index contributed by atoms with van der Waals surface area (Å²) in [5.41, 5.74) is 7.90. The molecule has 3 aliphatic rings. The van der Waals surface area contributed by atoms with Crippen LogP contribution in [0.15, 0.2) is 30.5 Å². The van der Waals surface area contributed by atoms with Crippen molar-refractivity contribution in [3.05, 3.63) is 47.2 Å². The molecule has 0 saturated carbocycles. The number of H-pyrrole nitrogens is 1. The van der Waals surface area contributed by atoms with Gasteiger partial charge in [0.25, 0.3) is 0 Å². The van der Waals surface area contributed by atoms with Crippen molar-refractivity contribution in [2.75, 3.05) is 26.2 Å². The molecule has 0 spiro atoms. The summed E-state index contributed by atoms with van der Waals surface area (Å²) in [5.74, 6) is 1.09. The second-order valence-corrected chi connectivity index (χ2v) is 12.4. The molecule has 210 valence electrons. The molecular weight excluding hydrogens is 502 g/mol. The van der Waals surface area contributed by atoms with Gasteiger partial charge in [0.05, 0.1) is 23.9 Å². The van der Waals surface area contributed by atoms with E-state index in [1.54, 1.807) is 4.52 Å². The number of aryl methyl sites for hydroxylation is 1. The Kier molecular flexibility index (Phi) is 6.39. The third-order valence-corrected chi connectivity index (χ3v) is 9.46. The average Bonchev–Trinajstić information content (AvgIpc) is 3.68. The monoisotopic (exact) mass is 541 g/mol. The number of tetrazole rings is 1. The summed E-state index contributed by atoms with van der Waals surface area (Å²) < 4.78 is 7.74. The van der Waals surface area contributed by atoms with Gasteiger partial charge in [-0.15, -0.1) is 5.10 Å². The SMILES string of the molecule is Cc1cc(-c2[nH]c3ccc(C4CCN(C(=O)C(C)N5C[C@H]6CC[C@@H](C5)O6)CC4)cc3c2C(C)C)cn2nnnc12. The van der Waals surface area contributed by atoms with Crippen molar-refractivity contribution in [3.63, 3.8) is 0 Å². The number of benzene rings is 1. The van der Waals surface area contributed by atoms with Gasteiger partial charge in [0, 0.05) is 48.8 Å². The van der Waals surface area contributed by atoms with Crippen LogP contribution in [0.25, 0.3) is 27.8 Å². The minimum absolute atomic E-state index is 0.0667. The van der Waals surface area contributed by atoms with E-state index < -0.39 is 0 Å². The fourth-order valence-electron chi connectivity index (χ4n) is 7.27. The maximum absolute atomic E-state index is 13.4. The lowest BCUT2D eigenvalue weighted by Crippen LogP contribution is -2.54. The van der Waals surface area contributed by atoms with Gasteiger partial charge < -0.3 is 14.6 Å². The van der Waals surface area contributed by atoms with E-state index in [2.05, 4.69) is 75.3 Å². The number of hydrogen-bond acceptors (Lipinski definition) is 6. The maximum atomic E-state index is 13.4. The first-order chi connectivity index (χ1) is 19.4. The quantitative estimate of drug-likeness (QED) is 0.395. The third-order valence-electron chi connectivity index (χ3n) is 9.46. The molecule has 6 heterocycles. The number of carbonyl (C=O) groups is 1. The topological polar surface area (TPSA) is 91.7 Å². The van der Waals surface area contributed by atoms with Gasteiger partial charge in [0.15, 0.2) is 5.65 Å². The molecule has 4 aromatic rings. The predicted molar refractivity (Wildman–Crippen MR) is 154 cm³/mol. The van der Waals surface area contributed by atoms with Gasteiger partial charge in [0.1, 0.15) is 0 Å². The Hall–Kier alpha value is -3.30. The number of piperidine rings is 1. The van der Waals surface area contributed by atoms with Crippen LogP contribution in [-0.2, 0) is 9.53 Å². The molecule has 9 nitrogen and oxygen atoms in total. The van der Waals surface area contributed by atoms with Crippen molar-refractivity contribution in [3.8, 4) is 11.3 Å². The Labute approximate surface area is 234 Å². The van der Waals surface area contributed by atoms with E-state index >= 15 is 0 Å². The van der Waals surface area contributed by atoms with E-state index in [1.165, 1.54) is 16.5 Å². The molecule has 1 aromatic carbocycles. The predicted octanol–water partition coefficient (Wildman–Crippen LogP) is 4.66. The van der Waals surface area contributed by atoms with Gasteiger partial charge in [-0.25, -0.2) is 0 Å². The molecule has 9 heteroatoms. The van der Waals surface area contributed by atoms with Gasteiger partial charge in [-0.05, 0) is 96.7 Å². The molecule has 3 fully saturated rings. The first-order valence-corrected chi connectivity index (χ1v) is 14.9. The number of ether oxygens (including phenoxy) is 1. The number of aromatic amines is 1. The van der Waals surface area contributed by atoms with Crippen LogP contribution in [0.4, 0.5) is 0 Å². The fraction of sp³-hybridized carbons (Fsp3) is 0.548. The highest BCUT2D eigenvalue weighted by Gasteiger charge is 2.38. The van der Waals surface area contributed by atoms with E-state index in [4.69, 9.17) is 4.74 Å². The largest absolute Gasteiger partial charge is 0.372 e. The van der Waals surface area contributed by atoms with Gasteiger partial charge in [0.2, 0.25) is 5.91 Å². The van der Waals surface area contributed by atoms with Crippen molar-refractivity contribution >= 4 is 22.5 Å². The van der Waals surface area contributed by atoms with Crippen LogP contribution < -0.4 is 0 Å². The molecule has 0 aliphatic carbocycles. The summed E-state index contributed by atoms with van der Waals surface area (Å²) in [6.07, 6.45) is 6.90. The third kappa shape index (κ3) is 4.39. The van der Waals surface area contributed by atoms with Crippen molar-refractivity contribution < 1.29 is 9.53 Å². The molecule has 1 unspecified atom stereocenters. The van der Waals surface area contributed by atoms with Crippen LogP contribution in [0.3, 0.4) is 0 Å². The maximum Gasteiger partial charge on any atom is 0.239 e. The zero-order valence-electron chi connectivity index (χ0n) is 23.9. The Morgan fingerprint density at radius 1 is 1.05 bits per heavy atom. The Bertz CT molecular complexity index is 1550. The number of pyridine rings is 1. The number of aromatic nitrogens is 5. The van der Waals surface area contributed by atoms with Gasteiger partial charge in [-0.3, -0.25) is 9.69 Å². The Morgan fingerprint density at radius 3 is 2.52 bits per heavy atom. The van der Waals surface area contributed by atoms with Crippen LogP contribution in [0.2, 0.25) is 0 Å². The lowest BCUT2D eigenvalue weighted by Gasteiger charge is -2.39. The summed E-state index contributed by atoms with van der Waals surface area (Å²) in [6.45, 7) is 12.1. The molecule has 3 saturated heterocycles. The number of rotatable bonds is 5. The Morgan fingerprint density at radius 2 is 1.80 bits per heavy atom. The number of hydrogen-bond donors (Lipinski definition) is 1. The van der Waals surface area contributed by atoms with Crippen LogP contribution in [0.5, 0.6) is 0 Å². The second-order valence-electron chi connectivity index (χ2n) is 12.4. The fourth-order valence-corrected chi connectivity index (χ4v) is 7.27. The van der Waals surface area contributed by atoms with E-state index in [-0.39, 0.29) is 11.9 Å². The van der Waals surface area contributed by atoms with Crippen LogP contribution in [-0.4, -0.2) is 85.2 Å². The lowest BCUT2D eigenvalue weighted by molar-refractivity contribution is -0.141. The zero-order chi connectivity index (χ0) is 27.5. The van der Waals surface area contributed by atoms with Crippen LogP contribution in [0.1, 0.15) is 75.0 Å². The number of fused-ring (bicyclic) bond motifs is 4. The Balaban J connectivity index is 1.10. The summed E-state index contributed by atoms with van der Waals surface area (Å²) in [5, 5.41) is 13.4. The molecule has 3 aliphatic heterocycles. The van der Waals surface area contributed by atoms with Gasteiger partial charge in [-0.2, -0.15) is 4.52 Å².